The van der Waals surface area contributed by atoms with Crippen molar-refractivity contribution in [3.8, 4) is 23.0 Å². The van der Waals surface area contributed by atoms with E-state index in [0.717, 1.165) is 12.8 Å². The first kappa shape index (κ1) is 54.3. The Kier molecular flexibility index (Phi) is 15.2. The van der Waals surface area contributed by atoms with Crippen molar-refractivity contribution in [3.63, 3.8) is 0 Å². The molecule has 2 N–H and O–H groups in total. The van der Waals surface area contributed by atoms with Crippen LogP contribution in [-0.2, 0) is 57.8 Å². The number of aromatic hydroxyl groups is 2. The highest BCUT2D eigenvalue weighted by Gasteiger charge is 2.56. The molecule has 78 heavy (non-hydrogen) atoms. The molecule has 17 atom stereocenters. The number of allylic oxidation sites excluding steroid dienone is 4. The lowest BCUT2D eigenvalue weighted by Crippen LogP contribution is -2.59. The number of nitrogens with zero attached hydrogens (tertiary/aromatic N) is 1. The first-order valence-electron chi connectivity index (χ1n) is 27.9. The number of carbonyl (C=O) groups is 4. The molecule has 0 radical (unpaired) electrons. The number of ether oxygens (including phenoxy) is 10. The van der Waals surface area contributed by atoms with Gasteiger partial charge in [0.05, 0.1) is 42.4 Å². The maximum absolute atomic E-state index is 15.1. The van der Waals surface area contributed by atoms with Gasteiger partial charge in [0.1, 0.15) is 47.4 Å². The smallest absolute Gasteiger partial charge is 0.340 e. The Morgan fingerprint density at radius 2 is 1.47 bits per heavy atom. The van der Waals surface area contributed by atoms with E-state index in [1.807, 2.05) is 27.7 Å². The van der Waals surface area contributed by atoms with Gasteiger partial charge in [0.25, 0.3) is 5.91 Å². The molecule has 17 nitrogen and oxygen atoms in total. The van der Waals surface area contributed by atoms with Crippen molar-refractivity contribution in [1.82, 2.24) is 4.90 Å². The SMILES string of the molecule is CC[C@H]1CCC[C@H](O[C@H]2CC[C@H](N(C)C(=O)c3ccc4c(c3)C(=O)OC43c4ccc(O)cc4Oc4cc(O)ccc43)C(C)O2)[C@@H](C)C(=O)C2=C[C@@H]3[C@@H](C=C[C@@H]4C[C@@H](O[C@@H]5OC(C)[C@H](OC)C(OC)C5OC)C[C@@H]34)[C@@H]2CC(=O)O1. The highest BCUT2D eigenvalue weighted by Crippen LogP contribution is 2.58. The minimum atomic E-state index is -1.46. The fourth-order valence-corrected chi connectivity index (χ4v) is 14.4. The number of methoxy groups -OCH3 is 3. The van der Waals surface area contributed by atoms with Crippen LogP contribution in [0.15, 0.2) is 78.4 Å². The monoisotopic (exact) mass is 1080 g/mol. The molecular weight excluding hydrogens is 1000 g/mol. The number of esters is 2. The zero-order valence-electron chi connectivity index (χ0n) is 45.7. The van der Waals surface area contributed by atoms with E-state index in [-0.39, 0.29) is 124 Å². The number of rotatable bonds is 10. The maximum Gasteiger partial charge on any atom is 0.340 e. The lowest BCUT2D eigenvalue weighted by atomic mass is 9.70. The topological polar surface area (TPSA) is 204 Å². The van der Waals surface area contributed by atoms with Crippen molar-refractivity contribution in [2.75, 3.05) is 28.4 Å². The summed E-state index contributed by atoms with van der Waals surface area (Å²) in [6.07, 6.45) is 7.76. The summed E-state index contributed by atoms with van der Waals surface area (Å²) in [4.78, 5) is 58.8. The molecule has 1 spiro atoms. The van der Waals surface area contributed by atoms with E-state index >= 15 is 4.79 Å². The number of likely N-dealkylation sites (N-methyl/N-ethyl adjacent to an activating group) is 1. The van der Waals surface area contributed by atoms with Gasteiger partial charge in [-0.05, 0) is 124 Å². The molecule has 5 heterocycles. The van der Waals surface area contributed by atoms with Gasteiger partial charge < -0.3 is 62.5 Å². The Hall–Kier alpha value is -5.66. The quantitative estimate of drug-likeness (QED) is 0.144. The number of phenolic OH excluding ortho intramolecular Hbond substituents is 2. The molecule has 1 amide bonds. The predicted octanol–water partition coefficient (Wildman–Crippen LogP) is 8.68. The molecule has 3 saturated heterocycles. The van der Waals surface area contributed by atoms with Crippen molar-refractivity contribution in [2.24, 2.45) is 35.5 Å². The predicted molar refractivity (Wildman–Crippen MR) is 281 cm³/mol. The number of hydrogen-bond donors (Lipinski definition) is 2. The average molecular weight is 1080 g/mol. The second kappa shape index (κ2) is 21.8. The second-order valence-electron chi connectivity index (χ2n) is 22.7. The minimum absolute atomic E-state index is 0.0221. The Morgan fingerprint density at radius 3 is 2.15 bits per heavy atom. The van der Waals surface area contributed by atoms with Crippen molar-refractivity contribution in [1.29, 1.82) is 0 Å². The minimum Gasteiger partial charge on any atom is -0.508 e. The van der Waals surface area contributed by atoms with E-state index in [9.17, 15) is 24.6 Å². The van der Waals surface area contributed by atoms with Crippen LogP contribution in [0.2, 0.25) is 0 Å². The van der Waals surface area contributed by atoms with E-state index in [4.69, 9.17) is 47.4 Å². The number of amides is 1. The Balaban J connectivity index is 0.778. The Labute approximate surface area is 455 Å². The summed E-state index contributed by atoms with van der Waals surface area (Å²) in [5, 5.41) is 20.7. The van der Waals surface area contributed by atoms with Crippen molar-refractivity contribution < 1.29 is 76.8 Å². The van der Waals surface area contributed by atoms with Gasteiger partial charge in [-0.3, -0.25) is 14.4 Å². The molecule has 1 saturated carbocycles. The summed E-state index contributed by atoms with van der Waals surface area (Å²) in [6.45, 7) is 7.83. The van der Waals surface area contributed by atoms with Crippen LogP contribution in [0, 0.1) is 35.5 Å². The highest BCUT2D eigenvalue weighted by atomic mass is 16.7. The summed E-state index contributed by atoms with van der Waals surface area (Å²) >= 11 is 0. The number of Topliss-reactive ketones (excluding diaryl/α,β-unsaturated/α-hetero) is 1. The van der Waals surface area contributed by atoms with E-state index in [1.54, 1.807) is 63.6 Å². The molecule has 3 aromatic rings. The third kappa shape index (κ3) is 9.53. The molecule has 8 aliphatic rings. The lowest BCUT2D eigenvalue weighted by Gasteiger charge is -2.44. The van der Waals surface area contributed by atoms with E-state index < -0.39 is 48.4 Å². The number of benzene rings is 3. The Bertz CT molecular complexity index is 2810. The van der Waals surface area contributed by atoms with Crippen LogP contribution in [-0.4, -0.2) is 135 Å². The van der Waals surface area contributed by atoms with E-state index in [2.05, 4.69) is 18.2 Å². The third-order valence-corrected chi connectivity index (χ3v) is 18.4. The summed E-state index contributed by atoms with van der Waals surface area (Å²) in [6, 6.07) is 13.7. The fourth-order valence-electron chi connectivity index (χ4n) is 14.4. The van der Waals surface area contributed by atoms with Crippen molar-refractivity contribution >= 4 is 23.6 Å². The van der Waals surface area contributed by atoms with Gasteiger partial charge in [0.2, 0.25) is 0 Å². The van der Waals surface area contributed by atoms with Crippen molar-refractivity contribution in [2.45, 2.75) is 159 Å². The van der Waals surface area contributed by atoms with Crippen molar-refractivity contribution in [3.05, 3.63) is 106 Å². The van der Waals surface area contributed by atoms with E-state index in [1.165, 1.54) is 24.3 Å². The van der Waals surface area contributed by atoms with E-state index in [0.29, 0.717) is 60.8 Å². The van der Waals surface area contributed by atoms with Gasteiger partial charge in [-0.1, -0.05) is 38.1 Å². The average Bonchev–Trinajstić information content (AvgIpc) is 3.85. The maximum atomic E-state index is 15.1. The summed E-state index contributed by atoms with van der Waals surface area (Å²) < 4.78 is 62.5. The molecule has 4 fully saturated rings. The second-order valence-corrected chi connectivity index (χ2v) is 22.7. The number of ketones is 1. The molecule has 17 heteroatoms. The van der Waals surface area contributed by atoms with Crippen LogP contribution in [0.3, 0.4) is 0 Å². The first-order valence-corrected chi connectivity index (χ1v) is 27.9. The summed E-state index contributed by atoms with van der Waals surface area (Å²) in [7, 11) is 6.63. The van der Waals surface area contributed by atoms with Gasteiger partial charge in [-0.2, -0.15) is 0 Å². The molecule has 11 rings (SSSR count). The van der Waals surface area contributed by atoms with Crippen LogP contribution < -0.4 is 4.74 Å². The van der Waals surface area contributed by atoms with Gasteiger partial charge in [0, 0.05) is 81.0 Å². The van der Waals surface area contributed by atoms with Crippen LogP contribution in [0.5, 0.6) is 23.0 Å². The molecule has 4 unspecified atom stereocenters. The number of carbonyl (C=O) groups excluding carboxylic acids is 4. The van der Waals surface area contributed by atoms with Crippen LogP contribution in [0.25, 0.3) is 0 Å². The first-order chi connectivity index (χ1) is 37.5. The van der Waals surface area contributed by atoms with Gasteiger partial charge in [-0.25, -0.2) is 4.79 Å². The van der Waals surface area contributed by atoms with Gasteiger partial charge in [0.15, 0.2) is 24.0 Å². The van der Waals surface area contributed by atoms with Crippen LogP contribution in [0.1, 0.15) is 123 Å². The summed E-state index contributed by atoms with van der Waals surface area (Å²) in [5.41, 5.74) is 1.17. The van der Waals surface area contributed by atoms with Crippen LogP contribution >= 0.6 is 0 Å². The standard InChI is InChI=1S/C61H73NO16/c1-9-37-11-10-12-49(30(2)54(66)43-28-41-39(42(43)29-52(65)74-37)17-13-33-23-38(27-40(33)41)75-60-57(71-8)56(70-7)55(69-6)32(4)73-60)77-53-22-21-48(31(3)72-53)62(5)58(67)34-14-18-45-44(24-34)59(68)78-61(45)46-19-15-35(63)25-50(46)76-51-26-36(64)16-20-47(51)61/h13-20,24-26,28,30-33,37-42,48-49,53,55-57,60,63-64H,9-12,21-23,27,29H2,1-8H3/t30-,31?,32?,33-,37+,38-,39-,40-,41-,42+,48+,49+,53+,55+,56?,57?,60+/m1/s1. The molecular formula is C61H73NO16. The normalized spacial score (nSPS) is 35.8. The highest BCUT2D eigenvalue weighted by molar-refractivity contribution is 6.02. The molecule has 418 valence electrons. The molecule has 3 aromatic carbocycles. The molecule has 5 aliphatic heterocycles. The summed E-state index contributed by atoms with van der Waals surface area (Å²) in [5.74, 6) is -1.35. The largest absolute Gasteiger partial charge is 0.508 e. The molecule has 0 bridgehead atoms. The third-order valence-electron chi connectivity index (χ3n) is 18.4. The zero-order valence-corrected chi connectivity index (χ0v) is 45.7. The number of phenols is 2. The number of hydrogen-bond acceptors (Lipinski definition) is 16. The molecule has 0 aromatic heterocycles. The fraction of sp³-hybridized carbons (Fsp3) is 0.574. The molecule has 3 aliphatic carbocycles. The van der Waals surface area contributed by atoms with Crippen LogP contribution in [0.4, 0.5) is 0 Å². The zero-order chi connectivity index (χ0) is 54.9. The number of cyclic esters (lactones) is 1. The Morgan fingerprint density at radius 1 is 0.769 bits per heavy atom. The lowest BCUT2D eigenvalue weighted by molar-refractivity contribution is -0.314. The van der Waals surface area contributed by atoms with Gasteiger partial charge in [-0.15, -0.1) is 0 Å². The van der Waals surface area contributed by atoms with Gasteiger partial charge >= 0.3 is 11.9 Å². The number of fused-ring (bicyclic) bond motifs is 11.